The molecule has 6 heteroatoms. The maximum Gasteiger partial charge on any atom is 0.225 e. The first-order valence-electron chi connectivity index (χ1n) is 8.08. The lowest BCUT2D eigenvalue weighted by Crippen LogP contribution is -2.50. The summed E-state index contributed by atoms with van der Waals surface area (Å²) in [6, 6.07) is 11.1. The molecule has 1 fully saturated rings. The average Bonchev–Trinajstić information content (AvgIpc) is 2.54. The van der Waals surface area contributed by atoms with Crippen molar-refractivity contribution in [1.82, 2.24) is 15.6 Å². The van der Waals surface area contributed by atoms with Gasteiger partial charge in [-0.15, -0.1) is 0 Å². The number of hydrogen-bond acceptors (Lipinski definition) is 5. The van der Waals surface area contributed by atoms with E-state index in [-0.39, 0.29) is 11.8 Å². The van der Waals surface area contributed by atoms with Crippen molar-refractivity contribution in [2.75, 3.05) is 19.7 Å². The number of ether oxygens (including phenoxy) is 2. The van der Waals surface area contributed by atoms with Crippen LogP contribution in [0.2, 0.25) is 0 Å². The minimum absolute atomic E-state index is 0.0829. The molecule has 1 aliphatic heterocycles. The summed E-state index contributed by atoms with van der Waals surface area (Å²) in [6.07, 6.45) is 1.68. The molecule has 1 aliphatic rings. The van der Waals surface area contributed by atoms with Crippen molar-refractivity contribution in [3.05, 3.63) is 48.2 Å². The van der Waals surface area contributed by atoms with Crippen molar-refractivity contribution in [2.45, 2.75) is 13.5 Å². The van der Waals surface area contributed by atoms with Crippen LogP contribution in [0.3, 0.4) is 0 Å². The van der Waals surface area contributed by atoms with Gasteiger partial charge in [0, 0.05) is 31.9 Å². The minimum atomic E-state index is 0.0829. The molecule has 1 saturated heterocycles. The van der Waals surface area contributed by atoms with Crippen LogP contribution in [0, 0.1) is 5.92 Å². The summed E-state index contributed by atoms with van der Waals surface area (Å²) in [7, 11) is 0. The number of carbonyl (C=O) groups is 1. The molecular formula is C18H21N3O3. The molecule has 0 spiro atoms. The third-order valence-corrected chi connectivity index (χ3v) is 3.78. The monoisotopic (exact) mass is 327 g/mol. The number of nitrogens with zero attached hydrogens (tertiary/aromatic N) is 1. The van der Waals surface area contributed by atoms with E-state index in [0.717, 1.165) is 24.4 Å². The number of amides is 1. The van der Waals surface area contributed by atoms with Gasteiger partial charge in [-0.1, -0.05) is 0 Å². The SMILES string of the molecule is CCOc1ccc(Oc2cc(CNC(=O)C3CNC3)ccn2)cc1. The van der Waals surface area contributed by atoms with E-state index in [4.69, 9.17) is 9.47 Å². The molecule has 0 saturated carbocycles. The molecular weight excluding hydrogens is 306 g/mol. The Labute approximate surface area is 141 Å². The Morgan fingerprint density at radius 2 is 2.00 bits per heavy atom. The lowest BCUT2D eigenvalue weighted by atomic mass is 10.0. The van der Waals surface area contributed by atoms with Crippen molar-refractivity contribution in [1.29, 1.82) is 0 Å². The predicted octanol–water partition coefficient (Wildman–Crippen LogP) is 2.11. The average molecular weight is 327 g/mol. The van der Waals surface area contributed by atoms with Crippen molar-refractivity contribution in [2.24, 2.45) is 5.92 Å². The quantitative estimate of drug-likeness (QED) is 0.815. The summed E-state index contributed by atoms with van der Waals surface area (Å²) in [5, 5.41) is 6.02. The largest absolute Gasteiger partial charge is 0.494 e. The van der Waals surface area contributed by atoms with Gasteiger partial charge in [0.15, 0.2) is 0 Å². The van der Waals surface area contributed by atoms with E-state index in [1.54, 1.807) is 6.20 Å². The molecule has 2 N–H and O–H groups in total. The van der Waals surface area contributed by atoms with Gasteiger partial charge < -0.3 is 20.1 Å². The Bertz CT molecular complexity index is 684. The lowest BCUT2D eigenvalue weighted by Gasteiger charge is -2.25. The zero-order chi connectivity index (χ0) is 16.8. The van der Waals surface area contributed by atoms with Gasteiger partial charge in [0.1, 0.15) is 11.5 Å². The van der Waals surface area contributed by atoms with Crippen LogP contribution in [0.4, 0.5) is 0 Å². The third-order valence-electron chi connectivity index (χ3n) is 3.78. The first-order valence-corrected chi connectivity index (χ1v) is 8.08. The topological polar surface area (TPSA) is 72.5 Å². The van der Waals surface area contributed by atoms with E-state index in [1.807, 2.05) is 43.3 Å². The maximum absolute atomic E-state index is 11.8. The Balaban J connectivity index is 1.57. The highest BCUT2D eigenvalue weighted by atomic mass is 16.5. The van der Waals surface area contributed by atoms with E-state index >= 15 is 0 Å². The fraction of sp³-hybridized carbons (Fsp3) is 0.333. The molecule has 2 aromatic rings. The van der Waals surface area contributed by atoms with Crippen LogP contribution < -0.4 is 20.1 Å². The molecule has 0 radical (unpaired) electrons. The number of pyridine rings is 1. The summed E-state index contributed by atoms with van der Waals surface area (Å²) in [4.78, 5) is 16.1. The van der Waals surface area contributed by atoms with Gasteiger partial charge in [0.05, 0.1) is 12.5 Å². The summed E-state index contributed by atoms with van der Waals surface area (Å²) in [5.74, 6) is 2.16. The van der Waals surface area contributed by atoms with Crippen LogP contribution in [0.25, 0.3) is 0 Å². The highest BCUT2D eigenvalue weighted by Gasteiger charge is 2.24. The van der Waals surface area contributed by atoms with E-state index in [1.165, 1.54) is 0 Å². The third kappa shape index (κ3) is 4.23. The van der Waals surface area contributed by atoms with Gasteiger partial charge in [-0.05, 0) is 42.8 Å². The Morgan fingerprint density at radius 3 is 2.67 bits per heavy atom. The van der Waals surface area contributed by atoms with E-state index in [9.17, 15) is 4.79 Å². The molecule has 1 amide bonds. The normalized spacial score (nSPS) is 13.9. The van der Waals surface area contributed by atoms with E-state index in [0.29, 0.717) is 24.8 Å². The second kappa shape index (κ2) is 7.79. The zero-order valence-corrected chi connectivity index (χ0v) is 13.6. The second-order valence-corrected chi connectivity index (χ2v) is 5.58. The number of hydrogen-bond donors (Lipinski definition) is 2. The van der Waals surface area contributed by atoms with Crippen LogP contribution in [-0.2, 0) is 11.3 Å². The Hall–Kier alpha value is -2.60. The standard InChI is InChI=1S/C18H21N3O3/c1-2-23-15-3-5-16(6-4-15)24-17-9-13(7-8-20-17)10-21-18(22)14-11-19-12-14/h3-9,14,19H,2,10-12H2,1H3,(H,21,22). The predicted molar refractivity (Wildman–Crippen MR) is 90.1 cm³/mol. The summed E-state index contributed by atoms with van der Waals surface area (Å²) in [6.45, 7) is 4.56. The van der Waals surface area contributed by atoms with Crippen LogP contribution >= 0.6 is 0 Å². The van der Waals surface area contributed by atoms with Gasteiger partial charge in [-0.3, -0.25) is 4.79 Å². The van der Waals surface area contributed by atoms with Crippen molar-refractivity contribution >= 4 is 5.91 Å². The van der Waals surface area contributed by atoms with Gasteiger partial charge >= 0.3 is 0 Å². The number of nitrogens with one attached hydrogen (secondary N) is 2. The van der Waals surface area contributed by atoms with E-state index < -0.39 is 0 Å². The fourth-order valence-electron chi connectivity index (χ4n) is 2.32. The Morgan fingerprint density at radius 1 is 1.25 bits per heavy atom. The first kappa shape index (κ1) is 16.3. The Kier molecular flexibility index (Phi) is 5.28. The van der Waals surface area contributed by atoms with Crippen LogP contribution in [0.15, 0.2) is 42.6 Å². The maximum atomic E-state index is 11.8. The molecule has 1 aromatic carbocycles. The minimum Gasteiger partial charge on any atom is -0.494 e. The number of benzene rings is 1. The highest BCUT2D eigenvalue weighted by Crippen LogP contribution is 2.23. The lowest BCUT2D eigenvalue weighted by molar-refractivity contribution is -0.126. The highest BCUT2D eigenvalue weighted by molar-refractivity contribution is 5.79. The van der Waals surface area contributed by atoms with Gasteiger partial charge in [0.25, 0.3) is 0 Å². The van der Waals surface area contributed by atoms with E-state index in [2.05, 4.69) is 15.6 Å². The molecule has 126 valence electrons. The molecule has 2 heterocycles. The molecule has 24 heavy (non-hydrogen) atoms. The van der Waals surface area contributed by atoms with Crippen molar-refractivity contribution in [3.63, 3.8) is 0 Å². The first-order chi connectivity index (χ1) is 11.7. The molecule has 6 nitrogen and oxygen atoms in total. The second-order valence-electron chi connectivity index (χ2n) is 5.58. The molecule has 3 rings (SSSR count). The zero-order valence-electron chi connectivity index (χ0n) is 13.6. The number of carbonyl (C=O) groups excluding carboxylic acids is 1. The van der Waals surface area contributed by atoms with Gasteiger partial charge in [-0.25, -0.2) is 4.98 Å². The van der Waals surface area contributed by atoms with Crippen LogP contribution in [0.1, 0.15) is 12.5 Å². The summed E-state index contributed by atoms with van der Waals surface area (Å²) >= 11 is 0. The molecule has 0 atom stereocenters. The fourth-order valence-corrected chi connectivity index (χ4v) is 2.32. The molecule has 0 bridgehead atoms. The van der Waals surface area contributed by atoms with Crippen molar-refractivity contribution in [3.8, 4) is 17.4 Å². The van der Waals surface area contributed by atoms with Crippen LogP contribution in [0.5, 0.6) is 17.4 Å². The van der Waals surface area contributed by atoms with Gasteiger partial charge in [-0.2, -0.15) is 0 Å². The smallest absolute Gasteiger partial charge is 0.225 e. The van der Waals surface area contributed by atoms with Crippen molar-refractivity contribution < 1.29 is 14.3 Å². The molecule has 0 unspecified atom stereocenters. The van der Waals surface area contributed by atoms with Gasteiger partial charge in [0.2, 0.25) is 11.8 Å². The molecule has 0 aliphatic carbocycles. The summed E-state index contributed by atoms with van der Waals surface area (Å²) in [5.41, 5.74) is 0.951. The number of rotatable bonds is 7. The summed E-state index contributed by atoms with van der Waals surface area (Å²) < 4.78 is 11.2. The van der Waals surface area contributed by atoms with Crippen LogP contribution in [-0.4, -0.2) is 30.6 Å². The number of aromatic nitrogens is 1. The molecule has 1 aromatic heterocycles.